The molecule has 1 aromatic carbocycles. The number of aliphatic hydroxyl groups is 1. The minimum Gasteiger partial charge on any atom is -0.379 e. The van der Waals surface area contributed by atoms with E-state index in [-0.39, 0.29) is 6.04 Å². The van der Waals surface area contributed by atoms with E-state index in [1.165, 1.54) is 5.56 Å². The lowest BCUT2D eigenvalue weighted by Gasteiger charge is -2.30. The highest BCUT2D eigenvalue weighted by Gasteiger charge is 2.30. The summed E-state index contributed by atoms with van der Waals surface area (Å²) in [7, 11) is 1.54. The molecule has 1 aromatic heterocycles. The van der Waals surface area contributed by atoms with Gasteiger partial charge in [-0.15, -0.1) is 0 Å². The number of aliphatic hydroxyl groups excluding tert-OH is 1. The molecular weight excluding hydrogens is 344 g/mol. The lowest BCUT2D eigenvalue weighted by Crippen LogP contribution is -2.35. The van der Waals surface area contributed by atoms with Gasteiger partial charge in [0.2, 0.25) is 0 Å². The largest absolute Gasteiger partial charge is 0.379 e. The number of nitrogens with one attached hydrogen (secondary N) is 1. The minimum atomic E-state index is -0.937. The van der Waals surface area contributed by atoms with Crippen molar-refractivity contribution in [1.82, 2.24) is 15.1 Å². The first-order valence-electron chi connectivity index (χ1n) is 9.66. The van der Waals surface area contributed by atoms with Crippen LogP contribution in [0, 0.1) is 0 Å². The number of methoxy groups -OCH3 is 1. The van der Waals surface area contributed by atoms with Crippen LogP contribution in [-0.2, 0) is 16.0 Å². The summed E-state index contributed by atoms with van der Waals surface area (Å²) in [6, 6.07) is 8.66. The van der Waals surface area contributed by atoms with Crippen molar-refractivity contribution in [3.63, 3.8) is 0 Å². The third-order valence-corrected chi connectivity index (χ3v) is 5.53. The van der Waals surface area contributed by atoms with E-state index in [9.17, 15) is 5.11 Å². The average Bonchev–Trinajstić information content (AvgIpc) is 3.39. The molecular formula is C20H28N4O3. The van der Waals surface area contributed by atoms with Gasteiger partial charge in [0.15, 0.2) is 6.29 Å². The van der Waals surface area contributed by atoms with Crippen LogP contribution in [0.3, 0.4) is 0 Å². The second-order valence-electron chi connectivity index (χ2n) is 7.23. The Morgan fingerprint density at radius 2 is 2.15 bits per heavy atom. The second kappa shape index (κ2) is 8.39. The molecule has 0 amide bonds. The zero-order valence-electron chi connectivity index (χ0n) is 15.8. The zero-order chi connectivity index (χ0) is 18.6. The van der Waals surface area contributed by atoms with E-state index < -0.39 is 6.29 Å². The van der Waals surface area contributed by atoms with Gasteiger partial charge in [0.1, 0.15) is 0 Å². The van der Waals surface area contributed by atoms with E-state index in [1.54, 1.807) is 13.3 Å². The molecule has 2 aromatic rings. The van der Waals surface area contributed by atoms with Crippen molar-refractivity contribution in [3.05, 3.63) is 47.3 Å². The van der Waals surface area contributed by atoms with E-state index in [4.69, 9.17) is 9.47 Å². The number of hydrogen-bond acceptors (Lipinski definition) is 6. The lowest BCUT2D eigenvalue weighted by molar-refractivity contribution is -0.0766. The molecule has 0 aliphatic carbocycles. The van der Waals surface area contributed by atoms with Crippen LogP contribution < -0.4 is 4.90 Å². The Labute approximate surface area is 159 Å². The lowest BCUT2D eigenvalue weighted by atomic mass is 10.0. The number of hydrogen-bond donors (Lipinski definition) is 2. The summed E-state index contributed by atoms with van der Waals surface area (Å²) in [6.45, 7) is 5.26. The van der Waals surface area contributed by atoms with Crippen molar-refractivity contribution in [1.29, 1.82) is 0 Å². The van der Waals surface area contributed by atoms with Crippen molar-refractivity contribution >= 4 is 5.69 Å². The predicted molar refractivity (Wildman–Crippen MR) is 102 cm³/mol. The third kappa shape index (κ3) is 4.01. The number of rotatable bonds is 6. The number of nitrogens with zero attached hydrogens (tertiary/aromatic N) is 3. The molecule has 0 spiro atoms. The van der Waals surface area contributed by atoms with Gasteiger partial charge in [-0.2, -0.15) is 5.10 Å². The van der Waals surface area contributed by atoms with Crippen molar-refractivity contribution in [2.45, 2.75) is 31.7 Å². The fourth-order valence-electron chi connectivity index (χ4n) is 4.14. The molecule has 4 rings (SSSR count). The second-order valence-corrected chi connectivity index (χ2v) is 7.23. The number of morpholine rings is 1. The van der Waals surface area contributed by atoms with Crippen LogP contribution in [0.25, 0.3) is 0 Å². The molecule has 2 N–H and O–H groups in total. The third-order valence-electron chi connectivity index (χ3n) is 5.53. The summed E-state index contributed by atoms with van der Waals surface area (Å²) >= 11 is 0. The summed E-state index contributed by atoms with van der Waals surface area (Å²) in [5.74, 6) is 0. The van der Waals surface area contributed by atoms with Gasteiger partial charge in [0, 0.05) is 50.7 Å². The van der Waals surface area contributed by atoms with Crippen molar-refractivity contribution in [2.24, 2.45) is 0 Å². The summed E-state index contributed by atoms with van der Waals surface area (Å²) in [5.41, 5.74) is 4.16. The molecule has 7 nitrogen and oxygen atoms in total. The number of H-pyrrole nitrogens is 1. The van der Waals surface area contributed by atoms with Crippen molar-refractivity contribution in [3.8, 4) is 0 Å². The van der Waals surface area contributed by atoms with Gasteiger partial charge >= 0.3 is 0 Å². The molecule has 2 unspecified atom stereocenters. The summed E-state index contributed by atoms with van der Waals surface area (Å²) in [5, 5.41) is 17.7. The fourth-order valence-corrected chi connectivity index (χ4v) is 4.14. The zero-order valence-corrected chi connectivity index (χ0v) is 15.8. The van der Waals surface area contributed by atoms with Gasteiger partial charge in [-0.1, -0.05) is 6.07 Å². The number of aromatic amines is 1. The molecule has 0 bridgehead atoms. The number of benzene rings is 1. The highest BCUT2D eigenvalue weighted by Crippen LogP contribution is 2.39. The van der Waals surface area contributed by atoms with Gasteiger partial charge in [-0.25, -0.2) is 0 Å². The molecule has 2 saturated heterocycles. The number of ether oxygens (including phenoxy) is 2. The molecule has 7 heteroatoms. The van der Waals surface area contributed by atoms with Crippen LogP contribution >= 0.6 is 0 Å². The van der Waals surface area contributed by atoms with E-state index >= 15 is 0 Å². The molecule has 146 valence electrons. The van der Waals surface area contributed by atoms with Crippen LogP contribution in [0.2, 0.25) is 0 Å². The molecule has 0 radical (unpaired) electrons. The Morgan fingerprint density at radius 1 is 1.30 bits per heavy atom. The quantitative estimate of drug-likeness (QED) is 0.758. The maximum absolute atomic E-state index is 10.5. The molecule has 0 saturated carbocycles. The van der Waals surface area contributed by atoms with Crippen LogP contribution in [0.5, 0.6) is 0 Å². The Balaban J connectivity index is 1.61. The Hall–Kier alpha value is -1.93. The van der Waals surface area contributed by atoms with Crippen molar-refractivity contribution in [2.75, 3.05) is 44.9 Å². The van der Waals surface area contributed by atoms with Crippen LogP contribution in [0.4, 0.5) is 5.69 Å². The standard InChI is InChI=1S/C20H28N4O3/c1-26-20(25)16-13-15(14-23-9-11-27-12-10-23)4-5-18(16)24-8-2-3-19(24)17-6-7-21-22-17/h4-7,13,19-20,25H,2-3,8-12,14H2,1H3,(H,21,22). The maximum atomic E-state index is 10.5. The normalized spacial score (nSPS) is 22.3. The Bertz CT molecular complexity index is 731. The maximum Gasteiger partial charge on any atom is 0.182 e. The van der Waals surface area contributed by atoms with E-state index in [1.807, 2.05) is 6.07 Å². The number of aromatic nitrogens is 2. The average molecular weight is 372 g/mol. The smallest absolute Gasteiger partial charge is 0.182 e. The first kappa shape index (κ1) is 18.4. The van der Waals surface area contributed by atoms with Gasteiger partial charge in [-0.3, -0.25) is 10.00 Å². The van der Waals surface area contributed by atoms with E-state index in [0.717, 1.165) is 69.2 Å². The van der Waals surface area contributed by atoms with Gasteiger partial charge in [-0.05, 0) is 36.6 Å². The van der Waals surface area contributed by atoms with Gasteiger partial charge in [0.25, 0.3) is 0 Å². The highest BCUT2D eigenvalue weighted by molar-refractivity contribution is 5.58. The molecule has 2 aliphatic rings. The molecule has 2 atom stereocenters. The Kier molecular flexibility index (Phi) is 5.73. The van der Waals surface area contributed by atoms with Crippen LogP contribution in [0.1, 0.15) is 42.0 Å². The SMILES string of the molecule is COC(O)c1cc(CN2CCOCC2)ccc1N1CCCC1c1ccn[nH]1. The predicted octanol–water partition coefficient (Wildman–Crippen LogP) is 2.22. The summed E-state index contributed by atoms with van der Waals surface area (Å²) in [6.07, 6.45) is 3.04. The van der Waals surface area contributed by atoms with E-state index in [2.05, 4.69) is 38.2 Å². The van der Waals surface area contributed by atoms with Crippen molar-refractivity contribution < 1.29 is 14.6 Å². The topological polar surface area (TPSA) is 73.9 Å². The molecule has 2 fully saturated rings. The minimum absolute atomic E-state index is 0.250. The molecule has 3 heterocycles. The number of anilines is 1. The van der Waals surface area contributed by atoms with Gasteiger partial charge < -0.3 is 19.5 Å². The molecule has 27 heavy (non-hydrogen) atoms. The van der Waals surface area contributed by atoms with Gasteiger partial charge in [0.05, 0.1) is 24.9 Å². The molecule has 2 aliphatic heterocycles. The van der Waals surface area contributed by atoms with Crippen LogP contribution in [0.15, 0.2) is 30.5 Å². The van der Waals surface area contributed by atoms with E-state index in [0.29, 0.717) is 0 Å². The fraction of sp³-hybridized carbons (Fsp3) is 0.550. The Morgan fingerprint density at radius 3 is 2.89 bits per heavy atom. The summed E-state index contributed by atoms with van der Waals surface area (Å²) < 4.78 is 10.7. The first-order valence-corrected chi connectivity index (χ1v) is 9.66. The summed E-state index contributed by atoms with van der Waals surface area (Å²) in [4.78, 5) is 4.73. The monoisotopic (exact) mass is 372 g/mol. The van der Waals surface area contributed by atoms with Crippen LogP contribution in [-0.4, -0.2) is 60.2 Å². The first-order chi connectivity index (χ1) is 13.3. The highest BCUT2D eigenvalue weighted by atomic mass is 16.6.